The molecule has 0 aliphatic carbocycles. The van der Waals surface area contributed by atoms with Crippen molar-refractivity contribution in [2.24, 2.45) is 0 Å². The Kier molecular flexibility index (Phi) is 3.28. The van der Waals surface area contributed by atoms with Crippen molar-refractivity contribution in [3.8, 4) is 0 Å². The Morgan fingerprint density at radius 3 is 2.47 bits per heavy atom. The van der Waals surface area contributed by atoms with Crippen molar-refractivity contribution in [1.29, 1.82) is 0 Å². The Balaban J connectivity index is 2.90. The lowest BCUT2D eigenvalue weighted by molar-refractivity contribution is 0.112. The van der Waals surface area contributed by atoms with Gasteiger partial charge in [0.05, 0.1) is 0 Å². The van der Waals surface area contributed by atoms with Crippen molar-refractivity contribution < 1.29 is 4.79 Å². The Hall–Kier alpha value is -0.190. The summed E-state index contributed by atoms with van der Waals surface area (Å²) < 4.78 is 2.65. The van der Waals surface area contributed by atoms with E-state index in [1.165, 1.54) is 0 Å². The lowest BCUT2D eigenvalue weighted by atomic mass is 10.1. The first-order valence-corrected chi connectivity index (χ1v) is 6.54. The summed E-state index contributed by atoms with van der Waals surface area (Å²) >= 11 is 10.2. The minimum absolute atomic E-state index is 0.643. The van der Waals surface area contributed by atoms with Crippen molar-refractivity contribution in [3.63, 3.8) is 0 Å². The van der Waals surface area contributed by atoms with Gasteiger partial charge in [0.1, 0.15) is 0 Å². The molecule has 2 aromatic rings. The van der Waals surface area contributed by atoms with Crippen LogP contribution >= 0.6 is 47.8 Å². The molecule has 2 rings (SSSR count). The molecule has 0 heterocycles. The van der Waals surface area contributed by atoms with Gasteiger partial charge in [-0.25, -0.2) is 0 Å². The smallest absolute Gasteiger partial charge is 0.152 e. The van der Waals surface area contributed by atoms with E-state index in [1.54, 1.807) is 0 Å². The summed E-state index contributed by atoms with van der Waals surface area (Å²) in [7, 11) is 0. The number of carbonyl (C=O) groups is 1. The number of aldehydes is 1. The predicted octanol–water partition coefficient (Wildman–Crippen LogP) is 4.94. The van der Waals surface area contributed by atoms with Gasteiger partial charge in [-0.1, -0.05) is 22.0 Å². The van der Waals surface area contributed by atoms with Gasteiger partial charge in [-0.2, -0.15) is 0 Å². The summed E-state index contributed by atoms with van der Waals surface area (Å²) in [4.78, 5) is 10.9. The SMILES string of the molecule is O=Cc1c(Br)cc2cc(Br)ccc2c1Br. The van der Waals surface area contributed by atoms with Gasteiger partial charge in [-0.05, 0) is 60.8 Å². The normalized spacial score (nSPS) is 10.6. The highest BCUT2D eigenvalue weighted by Gasteiger charge is 2.09. The third kappa shape index (κ3) is 2.03. The van der Waals surface area contributed by atoms with E-state index in [0.717, 1.165) is 30.5 Å². The van der Waals surface area contributed by atoms with E-state index in [1.807, 2.05) is 24.3 Å². The van der Waals surface area contributed by atoms with Crippen molar-refractivity contribution in [3.05, 3.63) is 43.2 Å². The second-order valence-corrected chi connectivity index (χ2v) is 5.63. The van der Waals surface area contributed by atoms with E-state index in [2.05, 4.69) is 47.8 Å². The van der Waals surface area contributed by atoms with Crippen LogP contribution in [-0.4, -0.2) is 6.29 Å². The minimum Gasteiger partial charge on any atom is -0.298 e. The molecule has 4 heteroatoms. The van der Waals surface area contributed by atoms with Crippen LogP contribution in [-0.2, 0) is 0 Å². The predicted molar refractivity (Wildman–Crippen MR) is 72.4 cm³/mol. The summed E-state index contributed by atoms with van der Waals surface area (Å²) in [6.07, 6.45) is 0.843. The molecule has 2 aromatic carbocycles. The quantitative estimate of drug-likeness (QED) is 0.628. The molecule has 0 radical (unpaired) electrons. The molecule has 0 aliphatic heterocycles. The Labute approximate surface area is 112 Å². The van der Waals surface area contributed by atoms with Gasteiger partial charge in [0.2, 0.25) is 0 Å². The molecule has 0 aromatic heterocycles. The fourth-order valence-electron chi connectivity index (χ4n) is 1.43. The van der Waals surface area contributed by atoms with Crippen molar-refractivity contribution >= 4 is 64.8 Å². The molecule has 15 heavy (non-hydrogen) atoms. The first-order chi connectivity index (χ1) is 7.13. The molecule has 0 bridgehead atoms. The standard InChI is InChI=1S/C11H5Br3O/c12-7-1-2-8-6(3-7)4-10(13)9(5-15)11(8)14/h1-5H. The van der Waals surface area contributed by atoms with E-state index in [9.17, 15) is 4.79 Å². The summed E-state index contributed by atoms with van der Waals surface area (Å²) in [5.41, 5.74) is 0.643. The van der Waals surface area contributed by atoms with Crippen LogP contribution < -0.4 is 0 Å². The van der Waals surface area contributed by atoms with E-state index in [-0.39, 0.29) is 0 Å². The lowest BCUT2D eigenvalue weighted by Gasteiger charge is -2.06. The molecule has 0 saturated heterocycles. The van der Waals surface area contributed by atoms with Crippen LogP contribution in [0.15, 0.2) is 37.7 Å². The Morgan fingerprint density at radius 2 is 1.80 bits per heavy atom. The maximum atomic E-state index is 10.9. The van der Waals surface area contributed by atoms with Gasteiger partial charge in [0, 0.05) is 19.0 Å². The lowest BCUT2D eigenvalue weighted by Crippen LogP contribution is -1.87. The Morgan fingerprint density at radius 1 is 1.07 bits per heavy atom. The first kappa shape index (κ1) is 11.3. The highest BCUT2D eigenvalue weighted by atomic mass is 79.9. The average Bonchev–Trinajstić information content (AvgIpc) is 2.17. The third-order valence-corrected chi connectivity index (χ3v) is 4.15. The third-order valence-electron chi connectivity index (χ3n) is 2.14. The van der Waals surface area contributed by atoms with Crippen LogP contribution in [0.4, 0.5) is 0 Å². The molecule has 0 spiro atoms. The first-order valence-electron chi connectivity index (χ1n) is 4.16. The average molecular weight is 393 g/mol. The van der Waals surface area contributed by atoms with Crippen LogP contribution in [0.5, 0.6) is 0 Å². The number of hydrogen-bond donors (Lipinski definition) is 0. The molecule has 0 saturated carbocycles. The number of rotatable bonds is 1. The number of halogens is 3. The van der Waals surface area contributed by atoms with Crippen LogP contribution in [0.25, 0.3) is 10.8 Å². The van der Waals surface area contributed by atoms with E-state index >= 15 is 0 Å². The molecule has 0 aliphatic rings. The monoisotopic (exact) mass is 390 g/mol. The zero-order chi connectivity index (χ0) is 11.0. The summed E-state index contributed by atoms with van der Waals surface area (Å²) in [5, 5.41) is 2.11. The minimum atomic E-state index is 0.643. The molecule has 0 atom stereocenters. The van der Waals surface area contributed by atoms with Gasteiger partial charge in [0.15, 0.2) is 6.29 Å². The van der Waals surface area contributed by atoms with Crippen molar-refractivity contribution in [2.75, 3.05) is 0 Å². The molecule has 76 valence electrons. The van der Waals surface area contributed by atoms with Gasteiger partial charge >= 0.3 is 0 Å². The van der Waals surface area contributed by atoms with Crippen LogP contribution in [0, 0.1) is 0 Å². The molecular weight excluding hydrogens is 388 g/mol. The number of carbonyl (C=O) groups excluding carboxylic acids is 1. The van der Waals surface area contributed by atoms with Gasteiger partial charge in [-0.3, -0.25) is 4.79 Å². The zero-order valence-electron chi connectivity index (χ0n) is 7.43. The Bertz CT molecular complexity index is 549. The van der Waals surface area contributed by atoms with E-state index < -0.39 is 0 Å². The maximum absolute atomic E-state index is 10.9. The van der Waals surface area contributed by atoms with Crippen molar-refractivity contribution in [2.45, 2.75) is 0 Å². The largest absolute Gasteiger partial charge is 0.298 e. The summed E-state index contributed by atoms with van der Waals surface area (Å²) in [6, 6.07) is 7.88. The summed E-state index contributed by atoms with van der Waals surface area (Å²) in [5.74, 6) is 0. The highest BCUT2D eigenvalue weighted by Crippen LogP contribution is 2.33. The number of fused-ring (bicyclic) bond motifs is 1. The maximum Gasteiger partial charge on any atom is 0.152 e. The van der Waals surface area contributed by atoms with Crippen LogP contribution in [0.1, 0.15) is 10.4 Å². The van der Waals surface area contributed by atoms with Crippen molar-refractivity contribution in [1.82, 2.24) is 0 Å². The highest BCUT2D eigenvalue weighted by molar-refractivity contribution is 9.11. The second kappa shape index (κ2) is 4.36. The topological polar surface area (TPSA) is 17.1 Å². The molecule has 0 N–H and O–H groups in total. The second-order valence-electron chi connectivity index (χ2n) is 3.07. The molecule has 0 amide bonds. The fraction of sp³-hybridized carbons (Fsp3) is 0. The number of benzene rings is 2. The van der Waals surface area contributed by atoms with Gasteiger partial charge in [-0.15, -0.1) is 0 Å². The van der Waals surface area contributed by atoms with E-state index in [0.29, 0.717) is 5.56 Å². The summed E-state index contributed by atoms with van der Waals surface area (Å²) in [6.45, 7) is 0. The molecular formula is C11H5Br3O. The van der Waals surface area contributed by atoms with Gasteiger partial charge in [0.25, 0.3) is 0 Å². The molecule has 0 unspecified atom stereocenters. The number of hydrogen-bond acceptors (Lipinski definition) is 1. The molecule has 1 nitrogen and oxygen atoms in total. The molecule has 0 fully saturated rings. The van der Waals surface area contributed by atoms with Crippen LogP contribution in [0.3, 0.4) is 0 Å². The van der Waals surface area contributed by atoms with E-state index in [4.69, 9.17) is 0 Å². The van der Waals surface area contributed by atoms with Gasteiger partial charge < -0.3 is 0 Å². The van der Waals surface area contributed by atoms with Crippen LogP contribution in [0.2, 0.25) is 0 Å². The fourth-order valence-corrected chi connectivity index (χ4v) is 3.28. The zero-order valence-corrected chi connectivity index (χ0v) is 12.2.